The zero-order chi connectivity index (χ0) is 14.9. The molecule has 1 N–H and O–H groups in total. The van der Waals surface area contributed by atoms with Crippen molar-refractivity contribution in [2.45, 2.75) is 31.3 Å². The third kappa shape index (κ3) is 2.29. The van der Waals surface area contributed by atoms with Crippen LogP contribution in [0, 0.1) is 0 Å². The Morgan fingerprint density at radius 2 is 2.23 bits per heavy atom. The van der Waals surface area contributed by atoms with E-state index in [2.05, 4.69) is 15.5 Å². The largest absolute Gasteiger partial charge is 0.355 e. The molecule has 0 radical (unpaired) electrons. The number of rotatable bonds is 2. The summed E-state index contributed by atoms with van der Waals surface area (Å²) in [5.41, 5.74) is 1.22. The topological polar surface area (TPSA) is 71.3 Å². The van der Waals surface area contributed by atoms with Crippen molar-refractivity contribution in [3.05, 3.63) is 36.3 Å². The molecule has 6 nitrogen and oxygen atoms in total. The number of amides is 1. The molecule has 0 aliphatic carbocycles. The zero-order valence-corrected chi connectivity index (χ0v) is 12.2. The number of carbonyl (C=O) groups is 1. The maximum atomic E-state index is 12.8. The lowest BCUT2D eigenvalue weighted by molar-refractivity contribution is 0.0669. The highest BCUT2D eigenvalue weighted by Crippen LogP contribution is 2.30. The van der Waals surface area contributed by atoms with Gasteiger partial charge in [0.15, 0.2) is 11.5 Å². The second kappa shape index (κ2) is 5.53. The van der Waals surface area contributed by atoms with E-state index in [4.69, 9.17) is 4.52 Å². The lowest BCUT2D eigenvalue weighted by Gasteiger charge is -2.26. The molecule has 2 aliphatic heterocycles. The molecule has 2 aromatic heterocycles. The lowest BCUT2D eigenvalue weighted by atomic mass is 10.1. The van der Waals surface area contributed by atoms with Gasteiger partial charge in [0.25, 0.3) is 5.91 Å². The van der Waals surface area contributed by atoms with Gasteiger partial charge in [0.1, 0.15) is 0 Å². The molecule has 2 bridgehead atoms. The summed E-state index contributed by atoms with van der Waals surface area (Å²) in [5.74, 6) is 0.562. The lowest BCUT2D eigenvalue weighted by Crippen LogP contribution is -2.42. The number of nitrogens with one attached hydrogen (secondary N) is 1. The Balaban J connectivity index is 1.60. The molecule has 2 fully saturated rings. The Morgan fingerprint density at radius 1 is 1.32 bits per heavy atom. The maximum absolute atomic E-state index is 12.8. The number of pyridine rings is 1. The standard InChI is InChI=1S/C16H18N4O2/c21-16(20-12-3-4-13(20)10-18-7-5-12)14-8-15(22-19-14)11-2-1-6-17-9-11/h1-2,6,8-9,12-13,18H,3-5,7,10H2. The molecule has 6 heteroatoms. The molecule has 1 amide bonds. The third-order valence-corrected chi connectivity index (χ3v) is 4.56. The van der Waals surface area contributed by atoms with Crippen LogP contribution in [0.2, 0.25) is 0 Å². The molecule has 22 heavy (non-hydrogen) atoms. The van der Waals surface area contributed by atoms with E-state index in [1.54, 1.807) is 18.5 Å². The van der Waals surface area contributed by atoms with Crippen LogP contribution in [-0.4, -0.2) is 46.1 Å². The van der Waals surface area contributed by atoms with Crippen LogP contribution < -0.4 is 5.32 Å². The number of nitrogens with zero attached hydrogens (tertiary/aromatic N) is 3. The highest BCUT2D eigenvalue weighted by atomic mass is 16.5. The smallest absolute Gasteiger partial charge is 0.276 e. The van der Waals surface area contributed by atoms with Crippen molar-refractivity contribution in [1.29, 1.82) is 0 Å². The van der Waals surface area contributed by atoms with Gasteiger partial charge in [0.05, 0.1) is 0 Å². The van der Waals surface area contributed by atoms with Crippen molar-refractivity contribution in [3.8, 4) is 11.3 Å². The molecular formula is C16H18N4O2. The summed E-state index contributed by atoms with van der Waals surface area (Å²) in [6.45, 7) is 1.85. The van der Waals surface area contributed by atoms with Crippen molar-refractivity contribution < 1.29 is 9.32 Å². The number of aromatic nitrogens is 2. The minimum absolute atomic E-state index is 0.0184. The number of hydrogen-bond donors (Lipinski definition) is 1. The van der Waals surface area contributed by atoms with Crippen molar-refractivity contribution in [2.24, 2.45) is 0 Å². The van der Waals surface area contributed by atoms with Crippen molar-refractivity contribution >= 4 is 5.91 Å². The van der Waals surface area contributed by atoms with Gasteiger partial charge in [0.2, 0.25) is 0 Å². The van der Waals surface area contributed by atoms with E-state index in [-0.39, 0.29) is 11.9 Å². The summed E-state index contributed by atoms with van der Waals surface area (Å²) in [6.07, 6.45) is 6.57. The Hall–Kier alpha value is -2.21. The van der Waals surface area contributed by atoms with Crippen molar-refractivity contribution in [2.75, 3.05) is 13.1 Å². The highest BCUT2D eigenvalue weighted by molar-refractivity contribution is 5.93. The molecular weight excluding hydrogens is 280 g/mol. The minimum atomic E-state index is -0.0184. The first-order valence-electron chi connectivity index (χ1n) is 7.73. The van der Waals surface area contributed by atoms with Crippen molar-refractivity contribution in [1.82, 2.24) is 20.4 Å². The first-order valence-corrected chi connectivity index (χ1v) is 7.73. The molecule has 0 saturated carbocycles. The molecule has 0 spiro atoms. The highest BCUT2D eigenvalue weighted by Gasteiger charge is 2.39. The predicted octanol–water partition coefficient (Wildman–Crippen LogP) is 1.70. The fourth-order valence-corrected chi connectivity index (χ4v) is 3.47. The first kappa shape index (κ1) is 13.5. The molecule has 2 unspecified atom stereocenters. The fraction of sp³-hybridized carbons (Fsp3) is 0.438. The quantitative estimate of drug-likeness (QED) is 0.913. The molecule has 2 aliphatic rings. The van der Waals surface area contributed by atoms with Crippen LogP contribution in [0.1, 0.15) is 29.8 Å². The van der Waals surface area contributed by atoms with Gasteiger partial charge in [-0.3, -0.25) is 9.78 Å². The third-order valence-electron chi connectivity index (χ3n) is 4.56. The summed E-state index contributed by atoms with van der Waals surface area (Å²) in [6, 6.07) is 6.04. The predicted molar refractivity (Wildman–Crippen MR) is 80.2 cm³/mol. The average Bonchev–Trinajstić information content (AvgIpc) is 3.12. The van der Waals surface area contributed by atoms with Gasteiger partial charge in [-0.15, -0.1) is 0 Å². The Morgan fingerprint density at radius 3 is 3.09 bits per heavy atom. The van der Waals surface area contributed by atoms with Gasteiger partial charge in [-0.2, -0.15) is 0 Å². The Labute approximate surface area is 128 Å². The molecule has 2 saturated heterocycles. The van der Waals surface area contributed by atoms with Gasteiger partial charge in [0, 0.05) is 42.7 Å². The van der Waals surface area contributed by atoms with Gasteiger partial charge >= 0.3 is 0 Å². The summed E-state index contributed by atoms with van der Waals surface area (Å²) >= 11 is 0. The van der Waals surface area contributed by atoms with E-state index in [0.717, 1.165) is 37.9 Å². The van der Waals surface area contributed by atoms with Gasteiger partial charge in [-0.1, -0.05) is 5.16 Å². The maximum Gasteiger partial charge on any atom is 0.276 e. The van der Waals surface area contributed by atoms with Gasteiger partial charge < -0.3 is 14.7 Å². The fourth-order valence-electron chi connectivity index (χ4n) is 3.47. The summed E-state index contributed by atoms with van der Waals surface area (Å²) < 4.78 is 5.33. The normalized spacial score (nSPS) is 24.3. The van der Waals surface area contributed by atoms with Gasteiger partial charge in [-0.05, 0) is 37.9 Å². The second-order valence-electron chi connectivity index (χ2n) is 5.91. The van der Waals surface area contributed by atoms with Crippen LogP contribution in [0.4, 0.5) is 0 Å². The molecule has 114 valence electrons. The van der Waals surface area contributed by atoms with Crippen molar-refractivity contribution in [3.63, 3.8) is 0 Å². The molecule has 2 atom stereocenters. The summed E-state index contributed by atoms with van der Waals surface area (Å²) in [7, 11) is 0. The second-order valence-corrected chi connectivity index (χ2v) is 5.91. The number of hydrogen-bond acceptors (Lipinski definition) is 5. The Bertz CT molecular complexity index is 656. The van der Waals surface area contributed by atoms with E-state index >= 15 is 0 Å². The van der Waals surface area contributed by atoms with E-state index in [0.29, 0.717) is 17.5 Å². The van der Waals surface area contributed by atoms with E-state index in [1.807, 2.05) is 17.0 Å². The van der Waals surface area contributed by atoms with Crippen LogP contribution in [0.3, 0.4) is 0 Å². The van der Waals surface area contributed by atoms with Gasteiger partial charge in [-0.25, -0.2) is 0 Å². The number of fused-ring (bicyclic) bond motifs is 2. The molecule has 4 rings (SSSR count). The van der Waals surface area contributed by atoms with E-state index in [9.17, 15) is 4.79 Å². The molecule has 0 aromatic carbocycles. The Kier molecular flexibility index (Phi) is 3.38. The molecule has 2 aromatic rings. The van der Waals surface area contributed by atoms with Crippen LogP contribution in [0.25, 0.3) is 11.3 Å². The monoisotopic (exact) mass is 298 g/mol. The molecule has 4 heterocycles. The van der Waals surface area contributed by atoms with Crippen LogP contribution >= 0.6 is 0 Å². The SMILES string of the molecule is O=C(c1cc(-c2cccnc2)on1)N1C2CCNCC1CC2. The zero-order valence-electron chi connectivity index (χ0n) is 12.2. The first-order chi connectivity index (χ1) is 10.8. The van der Waals surface area contributed by atoms with Crippen LogP contribution in [-0.2, 0) is 0 Å². The van der Waals surface area contributed by atoms with Crippen LogP contribution in [0.15, 0.2) is 35.1 Å². The average molecular weight is 298 g/mol. The summed E-state index contributed by atoms with van der Waals surface area (Å²) in [5, 5.41) is 7.38. The number of carbonyl (C=O) groups excluding carboxylic acids is 1. The summed E-state index contributed by atoms with van der Waals surface area (Å²) in [4.78, 5) is 18.9. The van der Waals surface area contributed by atoms with E-state index < -0.39 is 0 Å². The van der Waals surface area contributed by atoms with E-state index in [1.165, 1.54) is 0 Å². The minimum Gasteiger partial charge on any atom is -0.355 e. The van der Waals surface area contributed by atoms with Crippen LogP contribution in [0.5, 0.6) is 0 Å².